The van der Waals surface area contributed by atoms with Crippen molar-refractivity contribution in [3.05, 3.63) is 34.9 Å². The lowest BCUT2D eigenvalue weighted by atomic mass is 10.2. The van der Waals surface area contributed by atoms with Crippen LogP contribution in [0.5, 0.6) is 0 Å². The number of amides is 1. The van der Waals surface area contributed by atoms with Gasteiger partial charge in [-0.3, -0.25) is 14.6 Å². The van der Waals surface area contributed by atoms with Gasteiger partial charge in [0, 0.05) is 23.3 Å². The van der Waals surface area contributed by atoms with Gasteiger partial charge in [-0.25, -0.2) is 0 Å². The number of aryl methyl sites for hydroxylation is 2. The van der Waals surface area contributed by atoms with Crippen molar-refractivity contribution in [2.45, 2.75) is 52.1 Å². The van der Waals surface area contributed by atoms with Crippen molar-refractivity contribution in [1.29, 1.82) is 0 Å². The number of carbonyl (C=O) groups is 1. The molecule has 0 aliphatic heterocycles. The van der Waals surface area contributed by atoms with Crippen LogP contribution in [-0.4, -0.2) is 31.9 Å². The summed E-state index contributed by atoms with van der Waals surface area (Å²) in [5.41, 5.74) is 3.64. The molecular weight excluding hydrogens is 266 g/mol. The molecule has 1 unspecified atom stereocenters. The monoisotopic (exact) mass is 287 g/mol. The van der Waals surface area contributed by atoms with Crippen LogP contribution in [0.15, 0.2) is 12.1 Å². The molecule has 2 aromatic heterocycles. The van der Waals surface area contributed by atoms with Crippen LogP contribution in [0.1, 0.15) is 53.3 Å². The van der Waals surface area contributed by atoms with E-state index in [1.54, 1.807) is 0 Å². The number of aromatic amines is 1. The molecule has 112 valence electrons. The minimum atomic E-state index is -0.132. The highest BCUT2D eigenvalue weighted by Crippen LogP contribution is 2.38. The SMILES string of the molecule is Cc1cc(C)n(CC(C)NC(=O)c2cc(C3CC3)[nH]n2)n1. The van der Waals surface area contributed by atoms with Gasteiger partial charge in [-0.2, -0.15) is 10.2 Å². The summed E-state index contributed by atoms with van der Waals surface area (Å²) in [6.45, 7) is 6.62. The van der Waals surface area contributed by atoms with Crippen molar-refractivity contribution in [3.63, 3.8) is 0 Å². The molecule has 6 nitrogen and oxygen atoms in total. The summed E-state index contributed by atoms with van der Waals surface area (Å²) in [4.78, 5) is 12.2. The third-order valence-corrected chi connectivity index (χ3v) is 3.78. The zero-order valence-corrected chi connectivity index (χ0v) is 12.7. The predicted octanol–water partition coefficient (Wildman–Crippen LogP) is 1.92. The minimum Gasteiger partial charge on any atom is -0.346 e. The van der Waals surface area contributed by atoms with Gasteiger partial charge in [-0.15, -0.1) is 0 Å². The second-order valence-electron chi connectivity index (χ2n) is 5.97. The van der Waals surface area contributed by atoms with Gasteiger partial charge in [-0.05, 0) is 45.7 Å². The van der Waals surface area contributed by atoms with E-state index in [9.17, 15) is 4.79 Å². The summed E-state index contributed by atoms with van der Waals surface area (Å²) >= 11 is 0. The van der Waals surface area contributed by atoms with Crippen molar-refractivity contribution in [1.82, 2.24) is 25.3 Å². The average molecular weight is 287 g/mol. The molecule has 21 heavy (non-hydrogen) atoms. The van der Waals surface area contributed by atoms with Crippen LogP contribution in [0.4, 0.5) is 0 Å². The molecule has 2 heterocycles. The summed E-state index contributed by atoms with van der Waals surface area (Å²) in [5.74, 6) is 0.443. The standard InChI is InChI=1S/C15H21N5O/c1-9-6-11(3)20(19-9)8-10(2)16-15(21)14-7-13(17-18-14)12-4-5-12/h6-7,10,12H,4-5,8H2,1-3H3,(H,16,21)(H,17,18). The average Bonchev–Trinajstić information content (AvgIpc) is 3.05. The van der Waals surface area contributed by atoms with Gasteiger partial charge in [0.1, 0.15) is 5.69 Å². The number of rotatable bonds is 5. The van der Waals surface area contributed by atoms with Crippen LogP contribution in [-0.2, 0) is 6.54 Å². The zero-order valence-electron chi connectivity index (χ0n) is 12.7. The van der Waals surface area contributed by atoms with Gasteiger partial charge in [0.25, 0.3) is 5.91 Å². The Morgan fingerprint density at radius 2 is 2.24 bits per heavy atom. The highest BCUT2D eigenvalue weighted by atomic mass is 16.2. The molecule has 2 N–H and O–H groups in total. The molecular formula is C15H21N5O. The van der Waals surface area contributed by atoms with Crippen molar-refractivity contribution < 1.29 is 4.79 Å². The van der Waals surface area contributed by atoms with E-state index in [0.29, 0.717) is 18.2 Å². The Morgan fingerprint density at radius 3 is 2.86 bits per heavy atom. The van der Waals surface area contributed by atoms with Crippen molar-refractivity contribution in [2.75, 3.05) is 0 Å². The minimum absolute atomic E-state index is 0.00317. The number of carbonyl (C=O) groups excluding carboxylic acids is 1. The highest BCUT2D eigenvalue weighted by Gasteiger charge is 2.26. The second-order valence-corrected chi connectivity index (χ2v) is 5.97. The van der Waals surface area contributed by atoms with Gasteiger partial charge < -0.3 is 5.32 Å². The Kier molecular flexibility index (Phi) is 3.53. The fourth-order valence-corrected chi connectivity index (χ4v) is 2.52. The number of hydrogen-bond acceptors (Lipinski definition) is 3. The molecule has 2 aromatic rings. The summed E-state index contributed by atoms with van der Waals surface area (Å²) in [7, 11) is 0. The van der Waals surface area contributed by atoms with Crippen LogP contribution in [0.25, 0.3) is 0 Å². The summed E-state index contributed by atoms with van der Waals surface area (Å²) < 4.78 is 1.92. The topological polar surface area (TPSA) is 75.6 Å². The lowest BCUT2D eigenvalue weighted by Crippen LogP contribution is -2.36. The maximum absolute atomic E-state index is 12.2. The van der Waals surface area contributed by atoms with Gasteiger partial charge in [-0.1, -0.05) is 0 Å². The molecule has 0 spiro atoms. The maximum atomic E-state index is 12.2. The van der Waals surface area contributed by atoms with E-state index < -0.39 is 0 Å². The second kappa shape index (κ2) is 5.35. The van der Waals surface area contributed by atoms with Crippen LogP contribution < -0.4 is 5.32 Å². The number of nitrogens with zero attached hydrogens (tertiary/aromatic N) is 3. The maximum Gasteiger partial charge on any atom is 0.272 e. The number of hydrogen-bond donors (Lipinski definition) is 2. The largest absolute Gasteiger partial charge is 0.346 e. The lowest BCUT2D eigenvalue weighted by molar-refractivity contribution is 0.0930. The Hall–Kier alpha value is -2.11. The quantitative estimate of drug-likeness (QED) is 0.882. The molecule has 3 rings (SSSR count). The predicted molar refractivity (Wildman–Crippen MR) is 79.2 cm³/mol. The molecule has 0 radical (unpaired) electrons. The first-order valence-electron chi connectivity index (χ1n) is 7.40. The van der Waals surface area contributed by atoms with Crippen LogP contribution in [0, 0.1) is 13.8 Å². The third-order valence-electron chi connectivity index (χ3n) is 3.78. The Bertz CT molecular complexity index is 653. The summed E-state index contributed by atoms with van der Waals surface area (Å²) in [6, 6.07) is 3.89. The molecule has 1 saturated carbocycles. The fourth-order valence-electron chi connectivity index (χ4n) is 2.52. The molecule has 0 bridgehead atoms. The van der Waals surface area contributed by atoms with Gasteiger partial charge in [0.15, 0.2) is 0 Å². The number of aromatic nitrogens is 4. The van der Waals surface area contributed by atoms with E-state index in [4.69, 9.17) is 0 Å². The first-order chi connectivity index (χ1) is 10.0. The summed E-state index contributed by atoms with van der Waals surface area (Å²) in [5, 5.41) is 14.4. The number of H-pyrrole nitrogens is 1. The van der Waals surface area contributed by atoms with Gasteiger partial charge in [0.2, 0.25) is 0 Å². The smallest absolute Gasteiger partial charge is 0.272 e. The molecule has 0 aromatic carbocycles. The molecule has 1 atom stereocenters. The van der Waals surface area contributed by atoms with Crippen molar-refractivity contribution in [3.8, 4) is 0 Å². The molecule has 0 saturated heterocycles. The van der Waals surface area contributed by atoms with E-state index in [0.717, 1.165) is 17.1 Å². The third kappa shape index (κ3) is 3.15. The highest BCUT2D eigenvalue weighted by molar-refractivity contribution is 5.92. The van der Waals surface area contributed by atoms with E-state index >= 15 is 0 Å². The first-order valence-corrected chi connectivity index (χ1v) is 7.40. The van der Waals surface area contributed by atoms with E-state index in [1.165, 1.54) is 12.8 Å². The fraction of sp³-hybridized carbons (Fsp3) is 0.533. The molecule has 1 amide bonds. The molecule has 6 heteroatoms. The number of nitrogens with one attached hydrogen (secondary N) is 2. The van der Waals surface area contributed by atoms with Gasteiger partial charge >= 0.3 is 0 Å². The summed E-state index contributed by atoms with van der Waals surface area (Å²) in [6.07, 6.45) is 2.38. The van der Waals surface area contributed by atoms with Crippen molar-refractivity contribution >= 4 is 5.91 Å². The Morgan fingerprint density at radius 1 is 1.48 bits per heavy atom. The van der Waals surface area contributed by atoms with E-state index in [1.807, 2.05) is 37.6 Å². The Balaban J connectivity index is 1.59. The zero-order chi connectivity index (χ0) is 15.0. The van der Waals surface area contributed by atoms with Crippen molar-refractivity contribution in [2.24, 2.45) is 0 Å². The van der Waals surface area contributed by atoms with Crippen LogP contribution in [0.2, 0.25) is 0 Å². The van der Waals surface area contributed by atoms with Crippen LogP contribution >= 0.6 is 0 Å². The van der Waals surface area contributed by atoms with Crippen LogP contribution in [0.3, 0.4) is 0 Å². The molecule has 1 fully saturated rings. The van der Waals surface area contributed by atoms with E-state index in [-0.39, 0.29) is 11.9 Å². The molecule has 1 aliphatic rings. The van der Waals surface area contributed by atoms with Gasteiger partial charge in [0.05, 0.1) is 12.2 Å². The normalized spacial score (nSPS) is 16.0. The van der Waals surface area contributed by atoms with E-state index in [2.05, 4.69) is 20.6 Å². The Labute approximate surface area is 123 Å². The molecule has 1 aliphatic carbocycles. The first kappa shape index (κ1) is 13.9. The lowest BCUT2D eigenvalue weighted by Gasteiger charge is -2.14.